The first-order chi connectivity index (χ1) is 8.13. The number of aliphatic hydroxyl groups is 1. The summed E-state index contributed by atoms with van der Waals surface area (Å²) in [7, 11) is 0. The Morgan fingerprint density at radius 3 is 2.82 bits per heavy atom. The summed E-state index contributed by atoms with van der Waals surface area (Å²) < 4.78 is 0. The van der Waals surface area contributed by atoms with Gasteiger partial charge in [0, 0.05) is 13.0 Å². The van der Waals surface area contributed by atoms with Crippen molar-refractivity contribution >= 4 is 5.91 Å². The molecule has 94 valence electrons. The number of aryl methyl sites for hydroxylation is 1. The topological polar surface area (TPSA) is 49.3 Å². The van der Waals surface area contributed by atoms with Crippen molar-refractivity contribution in [3.8, 4) is 0 Å². The first-order valence-corrected chi connectivity index (χ1v) is 6.10. The van der Waals surface area contributed by atoms with Crippen molar-refractivity contribution < 1.29 is 9.90 Å². The molecule has 0 heterocycles. The maximum Gasteiger partial charge on any atom is 0.220 e. The predicted octanol–water partition coefficient (Wildman–Crippen LogP) is 2.33. The van der Waals surface area contributed by atoms with Gasteiger partial charge in [0.15, 0.2) is 0 Å². The predicted molar refractivity (Wildman–Crippen MR) is 68.7 cm³/mol. The summed E-state index contributed by atoms with van der Waals surface area (Å²) in [6.07, 6.45) is 1.91. The lowest BCUT2D eigenvalue weighted by Gasteiger charge is -2.14. The second-order valence-electron chi connectivity index (χ2n) is 4.38. The van der Waals surface area contributed by atoms with Gasteiger partial charge in [0.2, 0.25) is 5.91 Å². The number of hydrogen-bond acceptors (Lipinski definition) is 2. The average molecular weight is 235 g/mol. The first-order valence-electron chi connectivity index (χ1n) is 6.10. The molecule has 0 aliphatic carbocycles. The highest BCUT2D eigenvalue weighted by atomic mass is 16.2. The molecule has 3 heteroatoms. The molecule has 0 aromatic heterocycles. The van der Waals surface area contributed by atoms with Gasteiger partial charge < -0.3 is 10.4 Å². The fourth-order valence-corrected chi connectivity index (χ4v) is 1.73. The van der Waals surface area contributed by atoms with Gasteiger partial charge >= 0.3 is 0 Å². The molecule has 17 heavy (non-hydrogen) atoms. The van der Waals surface area contributed by atoms with Gasteiger partial charge in [-0.15, -0.1) is 0 Å². The highest BCUT2D eigenvalue weighted by Gasteiger charge is 2.08. The van der Waals surface area contributed by atoms with Crippen molar-refractivity contribution in [1.29, 1.82) is 0 Å². The molecule has 0 aliphatic rings. The molecule has 0 aliphatic heterocycles. The third-order valence-corrected chi connectivity index (χ3v) is 2.73. The zero-order chi connectivity index (χ0) is 12.7. The van der Waals surface area contributed by atoms with E-state index in [1.807, 2.05) is 32.0 Å². The van der Waals surface area contributed by atoms with Crippen molar-refractivity contribution in [3.63, 3.8) is 0 Å². The molecule has 0 bridgehead atoms. The molecule has 1 aromatic carbocycles. The molecule has 2 N–H and O–H groups in total. The van der Waals surface area contributed by atoms with E-state index in [0.717, 1.165) is 12.0 Å². The van der Waals surface area contributed by atoms with Gasteiger partial charge in [0.1, 0.15) is 0 Å². The van der Waals surface area contributed by atoms with E-state index in [1.165, 1.54) is 5.56 Å². The van der Waals surface area contributed by atoms with Crippen LogP contribution in [0.5, 0.6) is 0 Å². The van der Waals surface area contributed by atoms with Gasteiger partial charge in [-0.3, -0.25) is 4.79 Å². The highest BCUT2D eigenvalue weighted by molar-refractivity contribution is 5.76. The smallest absolute Gasteiger partial charge is 0.220 e. The van der Waals surface area contributed by atoms with Gasteiger partial charge in [-0.1, -0.05) is 29.8 Å². The lowest BCUT2D eigenvalue weighted by Crippen LogP contribution is -2.26. The quantitative estimate of drug-likeness (QED) is 0.743. The minimum Gasteiger partial charge on any atom is -0.396 e. The maximum atomic E-state index is 11.6. The minimum absolute atomic E-state index is 0.0385. The molecule has 0 radical (unpaired) electrons. The second-order valence-corrected chi connectivity index (χ2v) is 4.38. The van der Waals surface area contributed by atoms with E-state index in [9.17, 15) is 4.79 Å². The standard InChI is InChI=1S/C14H21NO2/c1-11-6-5-7-13(10-11)12(2)15-14(17)8-3-4-9-16/h5-7,10,12,16H,3-4,8-9H2,1-2H3,(H,15,17)/t12-/m0/s1. The van der Waals surface area contributed by atoms with Crippen LogP contribution in [-0.2, 0) is 4.79 Å². The van der Waals surface area contributed by atoms with Crippen LogP contribution in [0.2, 0.25) is 0 Å². The Kier molecular flexibility index (Phi) is 5.70. The number of carbonyl (C=O) groups excluding carboxylic acids is 1. The number of unbranched alkanes of at least 4 members (excludes halogenated alkanes) is 1. The summed E-state index contributed by atoms with van der Waals surface area (Å²) in [6.45, 7) is 4.18. The van der Waals surface area contributed by atoms with Crippen LogP contribution in [0.15, 0.2) is 24.3 Å². The first kappa shape index (κ1) is 13.7. The van der Waals surface area contributed by atoms with E-state index in [2.05, 4.69) is 11.4 Å². The number of benzene rings is 1. The highest BCUT2D eigenvalue weighted by Crippen LogP contribution is 2.13. The molecule has 0 saturated carbocycles. The summed E-state index contributed by atoms with van der Waals surface area (Å²) in [5.74, 6) is 0.0486. The molecule has 0 spiro atoms. The average Bonchev–Trinajstić information content (AvgIpc) is 2.29. The van der Waals surface area contributed by atoms with Gasteiger partial charge in [0.05, 0.1) is 6.04 Å². The summed E-state index contributed by atoms with van der Waals surface area (Å²) >= 11 is 0. The van der Waals surface area contributed by atoms with Crippen LogP contribution in [0.3, 0.4) is 0 Å². The monoisotopic (exact) mass is 235 g/mol. The summed E-state index contributed by atoms with van der Waals surface area (Å²) in [5.41, 5.74) is 2.32. The molecule has 1 atom stereocenters. The van der Waals surface area contributed by atoms with Gasteiger partial charge in [-0.05, 0) is 32.3 Å². The number of carbonyl (C=O) groups is 1. The number of nitrogens with one attached hydrogen (secondary N) is 1. The molecule has 1 aromatic rings. The van der Waals surface area contributed by atoms with E-state index in [0.29, 0.717) is 12.8 Å². The maximum absolute atomic E-state index is 11.6. The molecule has 3 nitrogen and oxygen atoms in total. The van der Waals surface area contributed by atoms with Crippen LogP contribution in [0.25, 0.3) is 0 Å². The number of hydrogen-bond donors (Lipinski definition) is 2. The Balaban J connectivity index is 2.43. The lowest BCUT2D eigenvalue weighted by atomic mass is 10.1. The van der Waals surface area contributed by atoms with Crippen LogP contribution < -0.4 is 5.32 Å². The molecular weight excluding hydrogens is 214 g/mol. The van der Waals surface area contributed by atoms with Crippen LogP contribution >= 0.6 is 0 Å². The largest absolute Gasteiger partial charge is 0.396 e. The van der Waals surface area contributed by atoms with Crippen LogP contribution in [0.4, 0.5) is 0 Å². The third kappa shape index (κ3) is 5.00. The fraction of sp³-hybridized carbons (Fsp3) is 0.500. The van der Waals surface area contributed by atoms with Crippen molar-refractivity contribution in [2.45, 2.75) is 39.2 Å². The van der Waals surface area contributed by atoms with E-state index in [4.69, 9.17) is 5.11 Å². The SMILES string of the molecule is Cc1cccc([C@H](C)NC(=O)CCCCO)c1. The normalized spacial score (nSPS) is 12.2. The summed E-state index contributed by atoms with van der Waals surface area (Å²) in [6, 6.07) is 8.18. The lowest BCUT2D eigenvalue weighted by molar-refractivity contribution is -0.121. The van der Waals surface area contributed by atoms with Crippen molar-refractivity contribution in [2.24, 2.45) is 0 Å². The second kappa shape index (κ2) is 7.07. The summed E-state index contributed by atoms with van der Waals surface area (Å²) in [5, 5.41) is 11.6. The molecule has 0 fully saturated rings. The number of rotatable bonds is 6. The van der Waals surface area contributed by atoms with Crippen molar-refractivity contribution in [2.75, 3.05) is 6.61 Å². The molecule has 1 amide bonds. The van der Waals surface area contributed by atoms with E-state index >= 15 is 0 Å². The Hall–Kier alpha value is -1.35. The Morgan fingerprint density at radius 1 is 1.41 bits per heavy atom. The zero-order valence-corrected chi connectivity index (χ0v) is 10.6. The van der Waals surface area contributed by atoms with Gasteiger partial charge in [-0.25, -0.2) is 0 Å². The van der Waals surface area contributed by atoms with Crippen LogP contribution in [0, 0.1) is 6.92 Å². The molecular formula is C14H21NO2. The zero-order valence-electron chi connectivity index (χ0n) is 10.6. The molecule has 0 unspecified atom stereocenters. The Morgan fingerprint density at radius 2 is 2.18 bits per heavy atom. The van der Waals surface area contributed by atoms with Gasteiger partial charge in [-0.2, -0.15) is 0 Å². The van der Waals surface area contributed by atoms with E-state index in [-0.39, 0.29) is 18.6 Å². The number of amides is 1. The van der Waals surface area contributed by atoms with Crippen molar-refractivity contribution in [1.82, 2.24) is 5.32 Å². The van der Waals surface area contributed by atoms with Crippen molar-refractivity contribution in [3.05, 3.63) is 35.4 Å². The summed E-state index contributed by atoms with van der Waals surface area (Å²) in [4.78, 5) is 11.6. The minimum atomic E-state index is 0.0385. The van der Waals surface area contributed by atoms with E-state index < -0.39 is 0 Å². The Labute approximate surface area is 103 Å². The number of aliphatic hydroxyl groups excluding tert-OH is 1. The van der Waals surface area contributed by atoms with E-state index in [1.54, 1.807) is 0 Å². The third-order valence-electron chi connectivity index (χ3n) is 2.73. The molecule has 1 rings (SSSR count). The fourth-order valence-electron chi connectivity index (χ4n) is 1.73. The van der Waals surface area contributed by atoms with Gasteiger partial charge in [0.25, 0.3) is 0 Å². The van der Waals surface area contributed by atoms with Crippen LogP contribution in [-0.4, -0.2) is 17.6 Å². The molecule has 0 saturated heterocycles. The van der Waals surface area contributed by atoms with Crippen LogP contribution in [0.1, 0.15) is 43.4 Å². The Bertz CT molecular complexity index is 363.